The fraction of sp³-hybridized carbons (Fsp3) is 0.400. The highest BCUT2D eigenvalue weighted by molar-refractivity contribution is 6.46. The number of benzene rings is 1. The predicted octanol–water partition coefficient (Wildman–Crippen LogP) is 3.78. The lowest BCUT2D eigenvalue weighted by Gasteiger charge is -2.27. The molecule has 0 spiro atoms. The lowest BCUT2D eigenvalue weighted by atomic mass is 10.1. The first-order valence-corrected chi connectivity index (χ1v) is 9.30. The van der Waals surface area contributed by atoms with E-state index in [9.17, 15) is 22.8 Å². The number of alkyl halides is 3. The molecule has 2 heterocycles. The Kier molecular flexibility index (Phi) is 5.90. The van der Waals surface area contributed by atoms with E-state index in [4.69, 9.17) is 9.57 Å². The van der Waals surface area contributed by atoms with Crippen LogP contribution in [-0.2, 0) is 33.5 Å². The van der Waals surface area contributed by atoms with Gasteiger partial charge in [-0.15, -0.1) is 0 Å². The number of hydroxylamine groups is 1. The van der Waals surface area contributed by atoms with Gasteiger partial charge in [0.2, 0.25) is 0 Å². The van der Waals surface area contributed by atoms with Crippen molar-refractivity contribution in [1.29, 1.82) is 0 Å². The number of rotatable bonds is 3. The van der Waals surface area contributed by atoms with E-state index in [0.717, 1.165) is 11.8 Å². The zero-order chi connectivity index (χ0) is 23.0. The molecular formula is C20H21F3N4O4. The van der Waals surface area contributed by atoms with Gasteiger partial charge >= 0.3 is 12.3 Å². The third-order valence-corrected chi connectivity index (χ3v) is 4.25. The van der Waals surface area contributed by atoms with Crippen LogP contribution in [0, 0.1) is 0 Å². The first-order valence-electron chi connectivity index (χ1n) is 9.30. The molecule has 2 amide bonds. The van der Waals surface area contributed by atoms with Gasteiger partial charge < -0.3 is 4.74 Å². The van der Waals surface area contributed by atoms with Gasteiger partial charge in [-0.2, -0.15) is 28.3 Å². The van der Waals surface area contributed by atoms with Crippen molar-refractivity contribution in [2.45, 2.75) is 45.5 Å². The maximum absolute atomic E-state index is 13.7. The average Bonchev–Trinajstić information content (AvgIpc) is 3.00. The second kappa shape index (κ2) is 8.14. The Morgan fingerprint density at radius 2 is 1.84 bits per heavy atom. The minimum atomic E-state index is -4.83. The van der Waals surface area contributed by atoms with Crippen LogP contribution in [0.2, 0.25) is 0 Å². The molecule has 8 nitrogen and oxygen atoms in total. The summed E-state index contributed by atoms with van der Waals surface area (Å²) in [5, 5.41) is 4.17. The number of carbonyl (C=O) groups excluding carboxylic acids is 2. The fourth-order valence-electron chi connectivity index (χ4n) is 3.06. The number of nitrogens with zero attached hydrogens (tertiary/aromatic N) is 4. The summed E-state index contributed by atoms with van der Waals surface area (Å²) < 4.78 is 47.3. The highest BCUT2D eigenvalue weighted by Crippen LogP contribution is 2.40. The van der Waals surface area contributed by atoms with Crippen LogP contribution in [0.25, 0.3) is 0 Å². The van der Waals surface area contributed by atoms with Gasteiger partial charge in [0, 0.05) is 6.42 Å². The largest absolute Gasteiger partial charge is 0.442 e. The minimum Gasteiger partial charge on any atom is -0.442 e. The number of anilines is 1. The highest BCUT2D eigenvalue weighted by atomic mass is 19.4. The van der Waals surface area contributed by atoms with E-state index in [1.54, 1.807) is 51.1 Å². The summed E-state index contributed by atoms with van der Waals surface area (Å²) >= 11 is 0. The molecule has 166 valence electrons. The fourth-order valence-corrected chi connectivity index (χ4v) is 3.06. The third kappa shape index (κ3) is 4.93. The summed E-state index contributed by atoms with van der Waals surface area (Å²) in [6.45, 7) is 4.89. The molecule has 0 aliphatic carbocycles. The molecule has 3 rings (SSSR count). The van der Waals surface area contributed by atoms with Crippen LogP contribution in [0.5, 0.6) is 0 Å². The maximum atomic E-state index is 13.7. The minimum absolute atomic E-state index is 0.0186. The lowest BCUT2D eigenvalue weighted by Crippen LogP contribution is -2.42. The first kappa shape index (κ1) is 22.5. The van der Waals surface area contributed by atoms with Gasteiger partial charge in [0.05, 0.1) is 19.3 Å². The molecule has 0 saturated heterocycles. The molecular weight excluding hydrogens is 417 g/mol. The smallest absolute Gasteiger partial charge is 0.437 e. The Bertz CT molecular complexity index is 1020. The summed E-state index contributed by atoms with van der Waals surface area (Å²) in [7, 11) is 1.05. The van der Waals surface area contributed by atoms with Crippen LogP contribution in [-0.4, -0.2) is 40.2 Å². The molecule has 1 aliphatic heterocycles. The summed E-state index contributed by atoms with van der Waals surface area (Å²) in [5.41, 5.74) is -2.20. The van der Waals surface area contributed by atoms with Crippen molar-refractivity contribution in [3.8, 4) is 0 Å². The summed E-state index contributed by atoms with van der Waals surface area (Å²) in [6.07, 6.45) is -6.20. The molecule has 0 fully saturated rings. The maximum Gasteiger partial charge on any atom is 0.437 e. The average molecular weight is 438 g/mol. The Labute approximate surface area is 176 Å². The van der Waals surface area contributed by atoms with Gasteiger partial charge in [-0.3, -0.25) is 14.3 Å². The molecule has 0 saturated carbocycles. The number of fused-ring (bicyclic) bond motifs is 1. The summed E-state index contributed by atoms with van der Waals surface area (Å²) in [4.78, 5) is 33.4. The highest BCUT2D eigenvalue weighted by Gasteiger charge is 2.46. The molecule has 1 aromatic carbocycles. The van der Waals surface area contributed by atoms with Crippen LogP contribution in [0.1, 0.15) is 37.7 Å². The topological polar surface area (TPSA) is 86.0 Å². The number of halogens is 3. The van der Waals surface area contributed by atoms with Crippen LogP contribution >= 0.6 is 0 Å². The number of ether oxygens (including phenoxy) is 1. The van der Waals surface area contributed by atoms with E-state index >= 15 is 0 Å². The van der Waals surface area contributed by atoms with Gasteiger partial charge in [0.25, 0.3) is 5.91 Å². The Morgan fingerprint density at radius 3 is 2.39 bits per heavy atom. The zero-order valence-electron chi connectivity index (χ0n) is 17.4. The number of amides is 2. The van der Waals surface area contributed by atoms with Crippen molar-refractivity contribution < 1.29 is 32.3 Å². The molecule has 0 radical (unpaired) electrons. The lowest BCUT2D eigenvalue weighted by molar-refractivity contribution is -0.141. The van der Waals surface area contributed by atoms with E-state index < -0.39 is 35.2 Å². The van der Waals surface area contributed by atoms with Crippen molar-refractivity contribution in [1.82, 2.24) is 9.78 Å². The standard InChI is InChI=1S/C20H21F3N4O4/c1-19(2,3)31-18(29)24-13-10-14-15(27(30-4)17(13)28)16(20(21,22)23)25-26(14)11-12-8-6-5-7-9-12/h5-9H,10-11H2,1-4H3. The summed E-state index contributed by atoms with van der Waals surface area (Å²) in [5.74, 6) is -0.995. The predicted molar refractivity (Wildman–Crippen MR) is 105 cm³/mol. The molecule has 31 heavy (non-hydrogen) atoms. The van der Waals surface area contributed by atoms with E-state index in [2.05, 4.69) is 10.1 Å². The molecule has 11 heteroatoms. The van der Waals surface area contributed by atoms with Crippen molar-refractivity contribution in [2.75, 3.05) is 12.2 Å². The van der Waals surface area contributed by atoms with Crippen molar-refractivity contribution in [3.05, 3.63) is 47.3 Å². The van der Waals surface area contributed by atoms with Gasteiger partial charge in [-0.25, -0.2) is 4.79 Å². The first-order chi connectivity index (χ1) is 14.4. The van der Waals surface area contributed by atoms with Gasteiger partial charge in [-0.1, -0.05) is 30.3 Å². The second-order valence-electron chi connectivity index (χ2n) is 7.78. The van der Waals surface area contributed by atoms with Gasteiger partial charge in [-0.05, 0) is 26.3 Å². The quantitative estimate of drug-likeness (QED) is 0.728. The number of hydrogen-bond donors (Lipinski definition) is 0. The van der Waals surface area contributed by atoms with Gasteiger partial charge in [0.1, 0.15) is 17.0 Å². The summed E-state index contributed by atoms with van der Waals surface area (Å²) in [6, 6.07) is 8.74. The molecule has 0 atom stereocenters. The monoisotopic (exact) mass is 438 g/mol. The molecule has 2 aromatic rings. The molecule has 1 aliphatic rings. The van der Waals surface area contributed by atoms with Crippen LogP contribution in [0.4, 0.5) is 23.7 Å². The third-order valence-electron chi connectivity index (χ3n) is 4.25. The Hall–Kier alpha value is -3.21. The second-order valence-corrected chi connectivity index (χ2v) is 7.78. The van der Waals surface area contributed by atoms with Gasteiger partial charge in [0.15, 0.2) is 5.69 Å². The zero-order valence-corrected chi connectivity index (χ0v) is 17.4. The van der Waals surface area contributed by atoms with Crippen molar-refractivity contribution in [3.63, 3.8) is 0 Å². The molecule has 0 unspecified atom stereocenters. The van der Waals surface area contributed by atoms with E-state index in [-0.39, 0.29) is 24.4 Å². The van der Waals surface area contributed by atoms with Crippen LogP contribution in [0.15, 0.2) is 35.3 Å². The van der Waals surface area contributed by atoms with Crippen molar-refractivity contribution >= 4 is 23.4 Å². The van der Waals surface area contributed by atoms with E-state index in [0.29, 0.717) is 10.6 Å². The Morgan fingerprint density at radius 1 is 1.19 bits per heavy atom. The number of aromatic nitrogens is 2. The number of carbonyl (C=O) groups is 2. The molecule has 1 aromatic heterocycles. The van der Waals surface area contributed by atoms with Crippen LogP contribution in [0.3, 0.4) is 0 Å². The van der Waals surface area contributed by atoms with E-state index in [1.165, 1.54) is 0 Å². The van der Waals surface area contributed by atoms with Crippen LogP contribution < -0.4 is 5.06 Å². The number of hydrogen-bond acceptors (Lipinski definition) is 5. The molecule has 0 N–H and O–H groups in total. The normalized spacial score (nSPS) is 15.9. The SMILES string of the molecule is CON1C(=O)C(=NC(=O)OC(C)(C)C)Cc2c1c(C(F)(F)F)nn2Cc1ccccc1. The van der Waals surface area contributed by atoms with Crippen molar-refractivity contribution in [2.24, 2.45) is 4.99 Å². The molecule has 0 bridgehead atoms. The Balaban J connectivity index is 2.10. The number of aliphatic imine (C=N–C) groups is 1. The van der Waals surface area contributed by atoms with E-state index in [1.807, 2.05) is 0 Å².